The number of rotatable bonds is 13. The number of carbonyl (C=O) groups excluding carboxylic acids is 1. The summed E-state index contributed by atoms with van der Waals surface area (Å²) in [6, 6.07) is 0. The van der Waals surface area contributed by atoms with E-state index in [-0.39, 0.29) is 25.7 Å². The minimum atomic E-state index is -8.92. The third kappa shape index (κ3) is 6.15. The Morgan fingerprint density at radius 3 is 1.35 bits per heavy atom. The molecule has 0 bridgehead atoms. The number of Topliss-reactive ketones (excluding diaryl/α,β-unsaturated/α-hetero) is 1. The Morgan fingerprint density at radius 2 is 1.00 bits per heavy atom. The van der Waals surface area contributed by atoms with E-state index in [9.17, 15) is 87.8 Å². The summed E-state index contributed by atoms with van der Waals surface area (Å²) in [5.74, 6) is -55.2. The zero-order chi connectivity index (χ0) is 34.7. The zero-order valence-corrected chi connectivity index (χ0v) is 23.4. The van der Waals surface area contributed by atoms with Gasteiger partial charge in [-0.25, -0.2) is 3.63 Å². The van der Waals surface area contributed by atoms with Gasteiger partial charge in [0.25, 0.3) is 0 Å². The maximum atomic E-state index is 14.6. The fraction of sp³-hybridized carbons (Fsp3) is 0.950. The lowest BCUT2D eigenvalue weighted by molar-refractivity contribution is -0.458. The molecule has 0 amide bonds. The lowest BCUT2D eigenvalue weighted by Crippen LogP contribution is -2.75. The number of ketones is 1. The summed E-state index contributed by atoms with van der Waals surface area (Å²) in [6.45, 7) is 2.39. The van der Waals surface area contributed by atoms with Crippen LogP contribution in [0, 0.1) is 5.92 Å². The summed E-state index contributed by atoms with van der Waals surface area (Å²) < 4.78 is 259. The van der Waals surface area contributed by atoms with E-state index < -0.39 is 90.1 Å². The Bertz CT molecular complexity index is 1130. The second kappa shape index (κ2) is 11.5. The van der Waals surface area contributed by atoms with Crippen molar-refractivity contribution in [2.75, 3.05) is 12.0 Å². The van der Waals surface area contributed by atoms with Gasteiger partial charge in [0.2, 0.25) is 0 Å². The maximum absolute atomic E-state index is 14.6. The monoisotopic (exact) mass is 714 g/mol. The molecule has 1 unspecified atom stereocenters. The van der Waals surface area contributed by atoms with Gasteiger partial charge in [0.05, 0.1) is 5.75 Å². The molecule has 258 valence electrons. The molecule has 0 saturated heterocycles. The Hall–Kier alpha value is -1.26. The van der Waals surface area contributed by atoms with Crippen LogP contribution >= 0.6 is 10.3 Å². The molecule has 0 aliphatic heterocycles. The van der Waals surface area contributed by atoms with E-state index in [1.807, 2.05) is 0 Å². The normalized spacial score (nSPS) is 20.2. The van der Waals surface area contributed by atoms with Crippen LogP contribution in [0.5, 0.6) is 0 Å². The van der Waals surface area contributed by atoms with Crippen LogP contribution in [0.25, 0.3) is 0 Å². The SMILES string of the molecule is CC(C)C(=O)CS(C)(OS(=O)(=O)C(F)(F)C(F)(F)C(F)(F)C(F)(F)C(F)(F)C(F)(F)C(F)(F)C(F)(F)F)C1CCCCC1. The molecule has 1 aliphatic rings. The van der Waals surface area contributed by atoms with Crippen LogP contribution in [-0.2, 0) is 18.5 Å². The van der Waals surface area contributed by atoms with Crippen molar-refractivity contribution in [2.45, 2.75) is 98.2 Å². The first kappa shape index (κ1) is 39.8. The molecular weight excluding hydrogens is 691 g/mol. The highest BCUT2D eigenvalue weighted by atomic mass is 32.3. The number of halogens is 17. The zero-order valence-electron chi connectivity index (χ0n) is 21.8. The van der Waals surface area contributed by atoms with Crippen molar-refractivity contribution in [3.63, 3.8) is 0 Å². The summed E-state index contributed by atoms with van der Waals surface area (Å²) >= 11 is 0. The predicted molar refractivity (Wildman–Crippen MR) is 116 cm³/mol. The first-order valence-electron chi connectivity index (χ1n) is 11.6. The number of alkyl halides is 17. The standard InChI is InChI=1S/C20H23F17O4S2/c1-10(2)12(38)9-42(3,11-7-5-4-6-8-11)41-43(39,40)20(36,37)18(31,32)16(27,28)14(23,24)13(21,22)15(25,26)17(29,30)19(33,34)35/h10-11H,4-9H2,1-3H3. The van der Waals surface area contributed by atoms with Crippen molar-refractivity contribution in [3.8, 4) is 0 Å². The minimum absolute atomic E-state index is 0.113. The van der Waals surface area contributed by atoms with Crippen LogP contribution < -0.4 is 0 Å². The molecule has 0 aromatic carbocycles. The van der Waals surface area contributed by atoms with E-state index in [1.165, 1.54) is 13.8 Å². The molecule has 1 rings (SSSR count). The van der Waals surface area contributed by atoms with E-state index >= 15 is 0 Å². The summed E-state index contributed by atoms with van der Waals surface area (Å²) in [7, 11) is -11.7. The van der Waals surface area contributed by atoms with Crippen molar-refractivity contribution >= 4 is 26.2 Å². The second-order valence-electron chi connectivity index (χ2n) is 10.1. The first-order chi connectivity index (χ1) is 18.6. The van der Waals surface area contributed by atoms with E-state index in [0.717, 1.165) is 0 Å². The van der Waals surface area contributed by atoms with E-state index in [4.69, 9.17) is 0 Å². The van der Waals surface area contributed by atoms with Crippen molar-refractivity contribution in [1.82, 2.24) is 0 Å². The molecule has 1 saturated carbocycles. The molecule has 0 N–H and O–H groups in total. The summed E-state index contributed by atoms with van der Waals surface area (Å²) in [5.41, 5.74) is 0. The van der Waals surface area contributed by atoms with Gasteiger partial charge in [0.15, 0.2) is 0 Å². The highest BCUT2D eigenvalue weighted by Crippen LogP contribution is 2.66. The summed E-state index contributed by atoms with van der Waals surface area (Å²) in [4.78, 5) is 12.3. The van der Waals surface area contributed by atoms with Crippen LogP contribution in [0.1, 0.15) is 46.0 Å². The molecule has 0 heterocycles. The van der Waals surface area contributed by atoms with Crippen molar-refractivity contribution < 1.29 is 91.5 Å². The van der Waals surface area contributed by atoms with Crippen LogP contribution in [-0.4, -0.2) is 78.4 Å². The van der Waals surface area contributed by atoms with Gasteiger partial charge >= 0.3 is 57.1 Å². The molecule has 23 heteroatoms. The van der Waals surface area contributed by atoms with Crippen LogP contribution in [0.15, 0.2) is 0 Å². The Kier molecular flexibility index (Phi) is 10.7. The molecule has 0 aromatic rings. The van der Waals surface area contributed by atoms with Gasteiger partial charge in [0, 0.05) is 11.2 Å². The maximum Gasteiger partial charge on any atom is 0.460 e. The average molecular weight is 714 g/mol. The number of hydrogen-bond acceptors (Lipinski definition) is 4. The lowest BCUT2D eigenvalue weighted by Gasteiger charge is -2.45. The van der Waals surface area contributed by atoms with E-state index in [2.05, 4.69) is 3.63 Å². The molecule has 4 nitrogen and oxygen atoms in total. The Labute approximate surface area is 234 Å². The highest BCUT2D eigenvalue weighted by Gasteiger charge is 2.96. The Balaban J connectivity index is 3.75. The topological polar surface area (TPSA) is 60.4 Å². The predicted octanol–water partition coefficient (Wildman–Crippen LogP) is 8.21. The first-order valence-corrected chi connectivity index (χ1v) is 15.2. The molecule has 1 aliphatic carbocycles. The van der Waals surface area contributed by atoms with Gasteiger partial charge in [-0.15, -0.1) is 10.3 Å². The van der Waals surface area contributed by atoms with Gasteiger partial charge < -0.3 is 0 Å². The quantitative estimate of drug-likeness (QED) is 0.181. The molecule has 1 fully saturated rings. The average Bonchev–Trinajstić information content (AvgIpc) is 2.82. The largest absolute Gasteiger partial charge is 0.460 e. The lowest BCUT2D eigenvalue weighted by atomic mass is 9.91. The molecule has 0 aromatic heterocycles. The molecule has 0 radical (unpaired) electrons. The number of carbonyl (C=O) groups is 1. The fourth-order valence-corrected chi connectivity index (χ4v) is 9.29. The smallest absolute Gasteiger partial charge is 0.298 e. The molecule has 43 heavy (non-hydrogen) atoms. The van der Waals surface area contributed by atoms with Crippen molar-refractivity contribution in [3.05, 3.63) is 0 Å². The highest BCUT2D eigenvalue weighted by molar-refractivity contribution is 8.33. The van der Waals surface area contributed by atoms with Gasteiger partial charge in [-0.3, -0.25) is 4.79 Å². The van der Waals surface area contributed by atoms with Gasteiger partial charge in [-0.05, 0) is 19.1 Å². The van der Waals surface area contributed by atoms with Gasteiger partial charge in [-0.1, -0.05) is 33.1 Å². The summed E-state index contributed by atoms with van der Waals surface area (Å²) in [6.07, 6.45) is -6.59. The van der Waals surface area contributed by atoms with Gasteiger partial charge in [-0.2, -0.15) is 83.1 Å². The third-order valence-corrected chi connectivity index (χ3v) is 12.2. The Morgan fingerprint density at radius 1 is 0.651 bits per heavy atom. The molecule has 0 spiro atoms. The third-order valence-electron chi connectivity index (χ3n) is 6.58. The van der Waals surface area contributed by atoms with Crippen LogP contribution in [0.4, 0.5) is 74.6 Å². The molecule has 1 atom stereocenters. The van der Waals surface area contributed by atoms with Gasteiger partial charge in [0.1, 0.15) is 5.78 Å². The van der Waals surface area contributed by atoms with Crippen molar-refractivity contribution in [2.24, 2.45) is 5.92 Å². The minimum Gasteiger partial charge on any atom is -0.298 e. The number of hydrogen-bond donors (Lipinski definition) is 0. The second-order valence-corrected chi connectivity index (χ2v) is 15.1. The molecular formula is C20H23F17O4S2. The fourth-order valence-electron chi connectivity index (χ4n) is 3.76. The van der Waals surface area contributed by atoms with E-state index in [1.54, 1.807) is 0 Å². The summed E-state index contributed by atoms with van der Waals surface area (Å²) in [5, 5.41) is -8.97. The van der Waals surface area contributed by atoms with E-state index in [0.29, 0.717) is 12.7 Å². The van der Waals surface area contributed by atoms with Crippen LogP contribution in [0.2, 0.25) is 0 Å². The van der Waals surface area contributed by atoms with Crippen LogP contribution in [0.3, 0.4) is 0 Å². The van der Waals surface area contributed by atoms with Crippen molar-refractivity contribution in [1.29, 1.82) is 0 Å².